The van der Waals surface area contributed by atoms with Gasteiger partial charge in [0.15, 0.2) is 7.51 Å². The highest BCUT2D eigenvalue weighted by Crippen LogP contribution is 2.43. The molecule has 0 aromatic rings. The first-order valence-corrected chi connectivity index (χ1v) is 4.81. The number of nitrogens with zero attached hydrogens (tertiary/aromatic N) is 3. The second-order valence-corrected chi connectivity index (χ2v) is 5.74. The predicted molar refractivity (Wildman–Crippen MR) is 46.8 cm³/mol. The summed E-state index contributed by atoms with van der Waals surface area (Å²) in [5, 5.41) is 0. The van der Waals surface area contributed by atoms with E-state index in [0.717, 1.165) is 0 Å². The lowest BCUT2D eigenvalue weighted by molar-refractivity contribution is 0.559. The fraction of sp³-hybridized carbons (Fsp3) is 1.00. The van der Waals surface area contributed by atoms with Crippen molar-refractivity contribution in [3.63, 3.8) is 0 Å². The van der Waals surface area contributed by atoms with Crippen LogP contribution in [-0.4, -0.2) is 44.6 Å². The number of nitrogens with two attached hydrogens (primary N) is 1. The van der Waals surface area contributed by atoms with E-state index in [-0.39, 0.29) is 0 Å². The summed E-state index contributed by atoms with van der Waals surface area (Å²) in [6.45, 7) is 0. The van der Waals surface area contributed by atoms with Gasteiger partial charge in [0.2, 0.25) is 0 Å². The van der Waals surface area contributed by atoms with Crippen LogP contribution in [-0.2, 0) is 0 Å². The Morgan fingerprint density at radius 2 is 1.40 bits per heavy atom. The Labute approximate surface area is 63.2 Å². The molecule has 62 valence electrons. The lowest BCUT2D eigenvalue weighted by atomic mass is 11.3. The molecular weight excluding hydrogens is 147 g/mol. The molecule has 0 saturated carbocycles. The second kappa shape index (κ2) is 3.49. The summed E-state index contributed by atoms with van der Waals surface area (Å²) in [7, 11) is 7.74. The van der Waals surface area contributed by atoms with E-state index < -0.39 is 7.51 Å². The Morgan fingerprint density at radius 1 is 1.10 bits per heavy atom. The van der Waals surface area contributed by atoms with E-state index in [2.05, 4.69) is 4.74 Å². The van der Waals surface area contributed by atoms with Crippen LogP contribution in [0.2, 0.25) is 0 Å². The van der Waals surface area contributed by atoms with Gasteiger partial charge in [-0.1, -0.05) is 0 Å². The first-order chi connectivity index (χ1) is 4.45. The topological polar surface area (TPSA) is 44.9 Å². The van der Waals surface area contributed by atoms with Crippen molar-refractivity contribution >= 4 is 7.51 Å². The monoisotopic (exact) mass is 164 g/mol. The minimum absolute atomic E-state index is 1.76. The van der Waals surface area contributed by atoms with E-state index in [0.29, 0.717) is 0 Å². The zero-order chi connectivity index (χ0) is 8.36. The fourth-order valence-corrected chi connectivity index (χ4v) is 2.15. The third kappa shape index (κ3) is 1.80. The molecule has 5 heteroatoms. The molecule has 0 rings (SSSR count). The van der Waals surface area contributed by atoms with Gasteiger partial charge in [0.25, 0.3) is 0 Å². The Balaban J connectivity index is 4.59. The summed E-state index contributed by atoms with van der Waals surface area (Å²) in [5.74, 6) is 0. The highest BCUT2D eigenvalue weighted by Gasteiger charge is 2.17. The van der Waals surface area contributed by atoms with Crippen molar-refractivity contribution in [3.05, 3.63) is 0 Å². The molecule has 0 bridgehead atoms. The highest BCUT2D eigenvalue weighted by atomic mass is 31.2. The summed E-state index contributed by atoms with van der Waals surface area (Å²) in [6.07, 6.45) is 0. The van der Waals surface area contributed by atoms with Crippen LogP contribution < -0.4 is 5.50 Å². The van der Waals surface area contributed by atoms with Gasteiger partial charge in [-0.2, -0.15) is 0 Å². The maximum absolute atomic E-state index is 5.98. The Hall–Kier alpha value is 0.110. The second-order valence-electron chi connectivity index (χ2n) is 2.51. The van der Waals surface area contributed by atoms with Crippen molar-refractivity contribution in [1.82, 2.24) is 9.34 Å². The van der Waals surface area contributed by atoms with Gasteiger partial charge in [-0.15, -0.1) is 0 Å². The Bertz CT molecular complexity index is 140. The lowest BCUT2D eigenvalue weighted by Gasteiger charge is -2.31. The first-order valence-electron chi connectivity index (χ1n) is 3.09. The molecule has 10 heavy (non-hydrogen) atoms. The fourth-order valence-electron chi connectivity index (χ4n) is 0.716. The summed E-state index contributed by atoms with van der Waals surface area (Å²) >= 11 is 0. The lowest BCUT2D eigenvalue weighted by Crippen LogP contribution is -2.26. The summed E-state index contributed by atoms with van der Waals surface area (Å²) in [4.78, 5) is 0. The first kappa shape index (κ1) is 10.1. The van der Waals surface area contributed by atoms with Crippen molar-refractivity contribution in [2.24, 2.45) is 10.2 Å². The van der Waals surface area contributed by atoms with E-state index in [1.165, 1.54) is 0 Å². The average Bonchev–Trinajstić information content (AvgIpc) is 1.85. The standard InChI is InChI=1S/C5H17N4P/c1-7-10(6,8(2)3)9(4)5/h6H2,1-5H3. The summed E-state index contributed by atoms with van der Waals surface area (Å²) < 4.78 is 8.09. The molecule has 0 aromatic heterocycles. The maximum Gasteiger partial charge on any atom is 0.161 e. The molecular formula is C5H17N4P. The van der Waals surface area contributed by atoms with Gasteiger partial charge in [0, 0.05) is 7.05 Å². The molecule has 4 nitrogen and oxygen atoms in total. The molecule has 0 aliphatic heterocycles. The third-order valence-electron chi connectivity index (χ3n) is 1.47. The van der Waals surface area contributed by atoms with E-state index >= 15 is 0 Å². The molecule has 0 heterocycles. The smallest absolute Gasteiger partial charge is 0.161 e. The Kier molecular flexibility index (Phi) is 3.52. The van der Waals surface area contributed by atoms with Crippen LogP contribution in [0.25, 0.3) is 0 Å². The molecule has 0 spiro atoms. The molecule has 0 aliphatic carbocycles. The number of hydrogen-bond acceptors (Lipinski definition) is 1. The van der Waals surface area contributed by atoms with Crippen LogP contribution in [0.3, 0.4) is 0 Å². The minimum atomic E-state index is -1.80. The van der Waals surface area contributed by atoms with Gasteiger partial charge in [-0.05, 0) is 28.2 Å². The van der Waals surface area contributed by atoms with Crippen LogP contribution in [0.15, 0.2) is 4.74 Å². The SMILES string of the molecule is CN=P(N)(N(C)C)N(C)C. The average molecular weight is 164 g/mol. The zero-order valence-corrected chi connectivity index (χ0v) is 8.26. The molecule has 0 radical (unpaired) electrons. The normalized spacial score (nSPS) is 12.8. The number of rotatable bonds is 2. The molecule has 0 amide bonds. The van der Waals surface area contributed by atoms with Gasteiger partial charge in [0.1, 0.15) is 0 Å². The van der Waals surface area contributed by atoms with Gasteiger partial charge in [-0.3, -0.25) is 19.6 Å². The van der Waals surface area contributed by atoms with Crippen LogP contribution in [0, 0.1) is 0 Å². The predicted octanol–water partition coefficient (Wildman–Crippen LogP) is 0.644. The van der Waals surface area contributed by atoms with Crippen LogP contribution in [0.4, 0.5) is 0 Å². The van der Waals surface area contributed by atoms with Crippen LogP contribution in [0.5, 0.6) is 0 Å². The highest BCUT2D eigenvalue weighted by molar-refractivity contribution is 7.58. The molecule has 0 unspecified atom stereocenters. The van der Waals surface area contributed by atoms with E-state index in [1.807, 2.05) is 37.5 Å². The van der Waals surface area contributed by atoms with Gasteiger partial charge >= 0.3 is 0 Å². The van der Waals surface area contributed by atoms with Gasteiger partial charge < -0.3 is 0 Å². The van der Waals surface area contributed by atoms with Gasteiger partial charge in [-0.25, -0.2) is 0 Å². The van der Waals surface area contributed by atoms with Crippen LogP contribution in [0.1, 0.15) is 0 Å². The molecule has 0 saturated heterocycles. The summed E-state index contributed by atoms with van der Waals surface area (Å²) in [6, 6.07) is 0. The Morgan fingerprint density at radius 3 is 1.40 bits per heavy atom. The van der Waals surface area contributed by atoms with Crippen molar-refractivity contribution in [2.45, 2.75) is 0 Å². The van der Waals surface area contributed by atoms with E-state index in [4.69, 9.17) is 5.50 Å². The molecule has 0 fully saturated rings. The van der Waals surface area contributed by atoms with Crippen LogP contribution >= 0.6 is 7.51 Å². The number of hydrogen-bond donors (Lipinski definition) is 1. The molecule has 0 aliphatic rings. The van der Waals surface area contributed by atoms with Crippen molar-refractivity contribution in [1.29, 1.82) is 0 Å². The van der Waals surface area contributed by atoms with Crippen molar-refractivity contribution < 1.29 is 0 Å². The largest absolute Gasteiger partial charge is 0.273 e. The summed E-state index contributed by atoms with van der Waals surface area (Å²) in [5.41, 5.74) is 5.98. The third-order valence-corrected chi connectivity index (χ3v) is 4.42. The van der Waals surface area contributed by atoms with Crippen molar-refractivity contribution in [2.75, 3.05) is 35.2 Å². The minimum Gasteiger partial charge on any atom is -0.273 e. The quantitative estimate of drug-likeness (QED) is 0.609. The molecule has 0 atom stereocenters. The molecule has 2 N–H and O–H groups in total. The molecule has 0 aromatic carbocycles. The van der Waals surface area contributed by atoms with E-state index in [1.54, 1.807) is 7.05 Å². The van der Waals surface area contributed by atoms with E-state index in [9.17, 15) is 0 Å². The van der Waals surface area contributed by atoms with Gasteiger partial charge in [0.05, 0.1) is 0 Å². The maximum atomic E-state index is 5.98. The van der Waals surface area contributed by atoms with Crippen molar-refractivity contribution in [3.8, 4) is 0 Å². The zero-order valence-electron chi connectivity index (χ0n) is 7.37.